The maximum absolute atomic E-state index is 12.5. The lowest BCUT2D eigenvalue weighted by Gasteiger charge is -2.41. The Morgan fingerprint density at radius 3 is 2.92 bits per heavy atom. The number of carbonyl (C=O) groups excluding carboxylic acids is 1. The van der Waals surface area contributed by atoms with Crippen molar-refractivity contribution in [2.24, 2.45) is 0 Å². The highest BCUT2D eigenvalue weighted by Gasteiger charge is 2.35. The minimum absolute atomic E-state index is 0.00458. The number of hydrogen-bond donors (Lipinski definition) is 1. The lowest BCUT2D eigenvalue weighted by molar-refractivity contribution is -0.133. The highest BCUT2D eigenvalue weighted by atomic mass is 16.3. The van der Waals surface area contributed by atoms with Gasteiger partial charge in [0, 0.05) is 57.4 Å². The second-order valence-corrected chi connectivity index (χ2v) is 7.01. The van der Waals surface area contributed by atoms with E-state index < -0.39 is 5.60 Å². The van der Waals surface area contributed by atoms with Crippen molar-refractivity contribution in [3.05, 3.63) is 36.5 Å². The van der Waals surface area contributed by atoms with Crippen LogP contribution in [0.2, 0.25) is 0 Å². The molecule has 0 saturated carbocycles. The molecule has 140 valence electrons. The van der Waals surface area contributed by atoms with Crippen molar-refractivity contribution in [1.29, 1.82) is 0 Å². The first-order chi connectivity index (χ1) is 12.5. The standard InChI is InChI=1S/C18H26N6O2/c1-15-4-7-21-24(15)11-5-17(25)22(2)13-18(26)6-3-10-23(14-18)16-12-19-8-9-20-16/h4,7-9,12,26H,3,5-6,10-11,13-14H2,1-2H3. The number of carbonyl (C=O) groups is 1. The summed E-state index contributed by atoms with van der Waals surface area (Å²) in [5, 5.41) is 15.2. The number of aromatic nitrogens is 4. The fourth-order valence-corrected chi connectivity index (χ4v) is 3.45. The summed E-state index contributed by atoms with van der Waals surface area (Å²) in [6.45, 7) is 4.10. The predicted molar refractivity (Wildman–Crippen MR) is 97.6 cm³/mol. The summed E-state index contributed by atoms with van der Waals surface area (Å²) in [4.78, 5) is 24.5. The number of piperidine rings is 1. The molecule has 1 unspecified atom stereocenters. The molecule has 1 N–H and O–H groups in total. The Balaban J connectivity index is 1.56. The van der Waals surface area contributed by atoms with Gasteiger partial charge in [-0.25, -0.2) is 4.98 Å². The van der Waals surface area contributed by atoms with Crippen LogP contribution < -0.4 is 4.90 Å². The number of aliphatic hydroxyl groups is 1. The molecule has 0 bridgehead atoms. The zero-order valence-corrected chi connectivity index (χ0v) is 15.4. The summed E-state index contributed by atoms with van der Waals surface area (Å²) in [6.07, 6.45) is 8.59. The molecule has 8 nitrogen and oxygen atoms in total. The van der Waals surface area contributed by atoms with Crippen LogP contribution in [0.25, 0.3) is 0 Å². The Morgan fingerprint density at radius 1 is 1.38 bits per heavy atom. The van der Waals surface area contributed by atoms with Gasteiger partial charge in [0.2, 0.25) is 5.91 Å². The number of nitrogens with zero attached hydrogens (tertiary/aromatic N) is 6. The van der Waals surface area contributed by atoms with Gasteiger partial charge in [-0.05, 0) is 25.8 Å². The average Bonchev–Trinajstić information content (AvgIpc) is 3.05. The topological polar surface area (TPSA) is 87.4 Å². The first-order valence-electron chi connectivity index (χ1n) is 8.93. The largest absolute Gasteiger partial charge is 0.386 e. The molecule has 1 amide bonds. The minimum atomic E-state index is -0.943. The molecule has 8 heteroatoms. The zero-order chi connectivity index (χ0) is 18.6. The number of rotatable bonds is 6. The van der Waals surface area contributed by atoms with Crippen LogP contribution in [0.5, 0.6) is 0 Å². The van der Waals surface area contributed by atoms with Crippen LogP contribution in [0.1, 0.15) is 25.0 Å². The molecule has 1 aliphatic rings. The molecule has 2 aromatic rings. The van der Waals surface area contributed by atoms with Crippen molar-refractivity contribution in [2.45, 2.75) is 38.3 Å². The van der Waals surface area contributed by atoms with E-state index in [0.29, 0.717) is 32.5 Å². The molecule has 1 atom stereocenters. The third-order valence-corrected chi connectivity index (χ3v) is 4.85. The van der Waals surface area contributed by atoms with E-state index in [0.717, 1.165) is 24.5 Å². The molecule has 2 aromatic heterocycles. The fraction of sp³-hybridized carbons (Fsp3) is 0.556. The van der Waals surface area contributed by atoms with E-state index in [9.17, 15) is 9.90 Å². The smallest absolute Gasteiger partial charge is 0.224 e. The van der Waals surface area contributed by atoms with Gasteiger partial charge in [-0.1, -0.05) is 0 Å². The second-order valence-electron chi connectivity index (χ2n) is 7.01. The molecule has 0 radical (unpaired) electrons. The fourth-order valence-electron chi connectivity index (χ4n) is 3.45. The quantitative estimate of drug-likeness (QED) is 0.824. The first-order valence-corrected chi connectivity index (χ1v) is 8.93. The molecular weight excluding hydrogens is 332 g/mol. The number of anilines is 1. The third-order valence-electron chi connectivity index (χ3n) is 4.85. The van der Waals surface area contributed by atoms with Crippen LogP contribution in [-0.4, -0.2) is 67.9 Å². The Kier molecular flexibility index (Phi) is 5.51. The molecule has 0 spiro atoms. The summed E-state index contributed by atoms with van der Waals surface area (Å²) < 4.78 is 1.82. The van der Waals surface area contributed by atoms with Crippen LogP contribution in [0.4, 0.5) is 5.82 Å². The van der Waals surface area contributed by atoms with Crippen LogP contribution in [0, 0.1) is 6.92 Å². The highest BCUT2D eigenvalue weighted by molar-refractivity contribution is 5.75. The Bertz CT molecular complexity index is 734. The van der Waals surface area contributed by atoms with E-state index in [4.69, 9.17) is 0 Å². The SMILES string of the molecule is Cc1ccnn1CCC(=O)N(C)CC1(O)CCCN(c2cnccn2)C1. The number of β-amino-alcohol motifs (C(OH)–C–C–N with tert-alkyl or cyclic N) is 1. The van der Waals surface area contributed by atoms with Gasteiger partial charge in [-0.15, -0.1) is 0 Å². The van der Waals surface area contributed by atoms with Crippen molar-refractivity contribution in [3.8, 4) is 0 Å². The van der Waals surface area contributed by atoms with Crippen molar-refractivity contribution >= 4 is 11.7 Å². The second kappa shape index (κ2) is 7.82. The number of hydrogen-bond acceptors (Lipinski definition) is 6. The van der Waals surface area contributed by atoms with E-state index in [-0.39, 0.29) is 5.91 Å². The van der Waals surface area contributed by atoms with Crippen molar-refractivity contribution in [2.75, 3.05) is 31.6 Å². The van der Waals surface area contributed by atoms with Crippen LogP contribution >= 0.6 is 0 Å². The van der Waals surface area contributed by atoms with Gasteiger partial charge in [0.05, 0.1) is 18.3 Å². The van der Waals surface area contributed by atoms with E-state index in [1.807, 2.05) is 22.6 Å². The zero-order valence-electron chi connectivity index (χ0n) is 15.4. The van der Waals surface area contributed by atoms with Crippen molar-refractivity contribution in [3.63, 3.8) is 0 Å². The summed E-state index contributed by atoms with van der Waals surface area (Å²) in [5.74, 6) is 0.763. The molecule has 1 aliphatic heterocycles. The molecular formula is C18H26N6O2. The van der Waals surface area contributed by atoms with Crippen molar-refractivity contribution in [1.82, 2.24) is 24.6 Å². The molecule has 1 fully saturated rings. The highest BCUT2D eigenvalue weighted by Crippen LogP contribution is 2.25. The first kappa shape index (κ1) is 18.3. The number of aryl methyl sites for hydroxylation is 2. The van der Waals surface area contributed by atoms with Gasteiger partial charge in [0.15, 0.2) is 0 Å². The van der Waals surface area contributed by atoms with Gasteiger partial charge in [0.1, 0.15) is 5.82 Å². The van der Waals surface area contributed by atoms with Gasteiger partial charge >= 0.3 is 0 Å². The van der Waals surface area contributed by atoms with Crippen LogP contribution in [0.15, 0.2) is 30.9 Å². The third kappa shape index (κ3) is 4.37. The summed E-state index contributed by atoms with van der Waals surface area (Å²) in [6, 6.07) is 1.92. The molecule has 0 aliphatic carbocycles. The Morgan fingerprint density at radius 2 is 2.23 bits per heavy atom. The predicted octanol–water partition coefficient (Wildman–Crippen LogP) is 0.862. The molecule has 26 heavy (non-hydrogen) atoms. The maximum Gasteiger partial charge on any atom is 0.224 e. The number of likely N-dealkylation sites (N-methyl/N-ethyl adjacent to an activating group) is 1. The van der Waals surface area contributed by atoms with E-state index in [2.05, 4.69) is 15.1 Å². The van der Waals surface area contributed by atoms with Gasteiger partial charge < -0.3 is 14.9 Å². The van der Waals surface area contributed by atoms with Gasteiger partial charge in [-0.3, -0.25) is 14.5 Å². The number of amides is 1. The Hall–Kier alpha value is -2.48. The summed E-state index contributed by atoms with van der Waals surface area (Å²) in [7, 11) is 1.75. The molecule has 0 aromatic carbocycles. The summed E-state index contributed by atoms with van der Waals surface area (Å²) in [5.41, 5.74) is 0.0906. The molecule has 1 saturated heterocycles. The summed E-state index contributed by atoms with van der Waals surface area (Å²) >= 11 is 0. The minimum Gasteiger partial charge on any atom is -0.386 e. The monoisotopic (exact) mass is 358 g/mol. The molecule has 3 rings (SSSR count). The average molecular weight is 358 g/mol. The van der Waals surface area contributed by atoms with Gasteiger partial charge in [-0.2, -0.15) is 5.10 Å². The van der Waals surface area contributed by atoms with Crippen LogP contribution in [0.3, 0.4) is 0 Å². The lowest BCUT2D eigenvalue weighted by atomic mass is 9.92. The Labute approximate surface area is 153 Å². The van der Waals surface area contributed by atoms with E-state index in [1.54, 1.807) is 36.7 Å². The lowest BCUT2D eigenvalue weighted by Crippen LogP contribution is -2.55. The molecule has 3 heterocycles. The normalized spacial score (nSPS) is 20.2. The van der Waals surface area contributed by atoms with Crippen molar-refractivity contribution < 1.29 is 9.90 Å². The van der Waals surface area contributed by atoms with Crippen LogP contribution in [-0.2, 0) is 11.3 Å². The maximum atomic E-state index is 12.5. The van der Waals surface area contributed by atoms with E-state index >= 15 is 0 Å². The van der Waals surface area contributed by atoms with Gasteiger partial charge in [0.25, 0.3) is 0 Å². The van der Waals surface area contributed by atoms with E-state index in [1.165, 1.54) is 0 Å².